The number of ether oxygens (including phenoxy) is 1. The molecule has 0 fully saturated rings. The SMILES string of the molecule is CNCc1cc(OC)ccc1-c1cc(F)cc(F)c1. The molecule has 2 rings (SSSR count). The second-order valence-electron chi connectivity index (χ2n) is 4.21. The van der Waals surface area contributed by atoms with Gasteiger partial charge in [0.1, 0.15) is 17.4 Å². The molecule has 4 heteroatoms. The van der Waals surface area contributed by atoms with E-state index in [-0.39, 0.29) is 0 Å². The van der Waals surface area contributed by atoms with E-state index in [9.17, 15) is 8.78 Å². The fourth-order valence-corrected chi connectivity index (χ4v) is 2.02. The maximum absolute atomic E-state index is 13.3. The fourth-order valence-electron chi connectivity index (χ4n) is 2.02. The summed E-state index contributed by atoms with van der Waals surface area (Å²) >= 11 is 0. The van der Waals surface area contributed by atoms with Gasteiger partial charge in [0.2, 0.25) is 0 Å². The summed E-state index contributed by atoms with van der Waals surface area (Å²) in [5.41, 5.74) is 2.23. The number of nitrogens with one attached hydrogen (secondary N) is 1. The van der Waals surface area contributed by atoms with Crippen molar-refractivity contribution in [3.8, 4) is 16.9 Å². The van der Waals surface area contributed by atoms with E-state index in [4.69, 9.17) is 4.74 Å². The maximum Gasteiger partial charge on any atom is 0.126 e. The van der Waals surface area contributed by atoms with Crippen LogP contribution in [0.3, 0.4) is 0 Å². The predicted molar refractivity (Wildman–Crippen MR) is 71.1 cm³/mol. The number of hydrogen-bond acceptors (Lipinski definition) is 2. The average molecular weight is 263 g/mol. The molecule has 100 valence electrons. The van der Waals surface area contributed by atoms with Gasteiger partial charge in [-0.2, -0.15) is 0 Å². The van der Waals surface area contributed by atoms with Crippen LogP contribution < -0.4 is 10.1 Å². The summed E-state index contributed by atoms with van der Waals surface area (Å²) in [6.07, 6.45) is 0. The third-order valence-corrected chi connectivity index (χ3v) is 2.85. The van der Waals surface area contributed by atoms with Crippen molar-refractivity contribution >= 4 is 0 Å². The predicted octanol–water partition coefficient (Wildman–Crippen LogP) is 3.36. The van der Waals surface area contributed by atoms with E-state index >= 15 is 0 Å². The number of benzene rings is 2. The molecule has 0 saturated carbocycles. The van der Waals surface area contributed by atoms with E-state index in [1.54, 1.807) is 19.2 Å². The Morgan fingerprint density at radius 1 is 1.05 bits per heavy atom. The molecular formula is C15H15F2NO. The number of rotatable bonds is 4. The molecule has 0 spiro atoms. The highest BCUT2D eigenvalue weighted by atomic mass is 19.1. The van der Waals surface area contributed by atoms with E-state index in [1.807, 2.05) is 13.1 Å². The van der Waals surface area contributed by atoms with Crippen molar-refractivity contribution in [1.29, 1.82) is 0 Å². The number of methoxy groups -OCH3 is 1. The fraction of sp³-hybridized carbons (Fsp3) is 0.200. The second kappa shape index (κ2) is 5.80. The number of halogens is 2. The van der Waals surface area contributed by atoms with Gasteiger partial charge in [-0.25, -0.2) is 8.78 Å². The Morgan fingerprint density at radius 3 is 2.32 bits per heavy atom. The number of hydrogen-bond donors (Lipinski definition) is 1. The van der Waals surface area contributed by atoms with Gasteiger partial charge in [-0.15, -0.1) is 0 Å². The molecule has 0 saturated heterocycles. The highest BCUT2D eigenvalue weighted by molar-refractivity contribution is 5.68. The van der Waals surface area contributed by atoms with Crippen molar-refractivity contribution in [2.45, 2.75) is 6.54 Å². The van der Waals surface area contributed by atoms with Crippen LogP contribution in [0.2, 0.25) is 0 Å². The van der Waals surface area contributed by atoms with Crippen molar-refractivity contribution in [1.82, 2.24) is 5.32 Å². The molecule has 0 unspecified atom stereocenters. The van der Waals surface area contributed by atoms with Gasteiger partial charge >= 0.3 is 0 Å². The molecule has 1 N–H and O–H groups in total. The van der Waals surface area contributed by atoms with E-state index in [2.05, 4.69) is 5.32 Å². The van der Waals surface area contributed by atoms with Crippen LogP contribution >= 0.6 is 0 Å². The van der Waals surface area contributed by atoms with E-state index in [0.717, 1.165) is 17.2 Å². The first-order chi connectivity index (χ1) is 9.13. The first-order valence-electron chi connectivity index (χ1n) is 5.92. The summed E-state index contributed by atoms with van der Waals surface area (Å²) in [6.45, 7) is 0.588. The quantitative estimate of drug-likeness (QED) is 0.913. The largest absolute Gasteiger partial charge is 0.497 e. The smallest absolute Gasteiger partial charge is 0.126 e. The molecule has 0 aromatic heterocycles. The van der Waals surface area contributed by atoms with Crippen LogP contribution in [0.15, 0.2) is 36.4 Å². The lowest BCUT2D eigenvalue weighted by atomic mass is 9.99. The zero-order valence-electron chi connectivity index (χ0n) is 10.8. The lowest BCUT2D eigenvalue weighted by Gasteiger charge is -2.12. The van der Waals surface area contributed by atoms with Crippen molar-refractivity contribution in [2.24, 2.45) is 0 Å². The zero-order chi connectivity index (χ0) is 13.8. The Balaban J connectivity index is 2.53. The first kappa shape index (κ1) is 13.5. The highest BCUT2D eigenvalue weighted by Gasteiger charge is 2.09. The van der Waals surface area contributed by atoms with Crippen molar-refractivity contribution in [3.05, 3.63) is 53.6 Å². The topological polar surface area (TPSA) is 21.3 Å². The summed E-state index contributed by atoms with van der Waals surface area (Å²) in [6, 6.07) is 8.95. The molecule has 0 aliphatic rings. The monoisotopic (exact) mass is 263 g/mol. The molecule has 0 heterocycles. The Kier molecular flexibility index (Phi) is 4.12. The van der Waals surface area contributed by atoms with Gasteiger partial charge < -0.3 is 10.1 Å². The molecule has 2 nitrogen and oxygen atoms in total. The highest BCUT2D eigenvalue weighted by Crippen LogP contribution is 2.28. The zero-order valence-corrected chi connectivity index (χ0v) is 10.8. The van der Waals surface area contributed by atoms with Crippen molar-refractivity contribution in [3.63, 3.8) is 0 Å². The van der Waals surface area contributed by atoms with E-state index < -0.39 is 11.6 Å². The van der Waals surface area contributed by atoms with Crippen LogP contribution in [0.5, 0.6) is 5.75 Å². The average Bonchev–Trinajstić information content (AvgIpc) is 2.37. The Labute approximate surface area is 111 Å². The summed E-state index contributed by atoms with van der Waals surface area (Å²) < 4.78 is 31.8. The minimum absolute atomic E-state index is 0.519. The Bertz CT molecular complexity index is 564. The van der Waals surface area contributed by atoms with Crippen LogP contribution in [-0.4, -0.2) is 14.2 Å². The van der Waals surface area contributed by atoms with Gasteiger partial charge in [0.05, 0.1) is 7.11 Å². The molecule has 0 radical (unpaired) electrons. The summed E-state index contributed by atoms with van der Waals surface area (Å²) in [7, 11) is 3.40. The molecule has 0 atom stereocenters. The van der Waals surface area contributed by atoms with E-state index in [1.165, 1.54) is 12.1 Å². The summed E-state index contributed by atoms with van der Waals surface area (Å²) in [5, 5.41) is 3.03. The normalized spacial score (nSPS) is 10.5. The summed E-state index contributed by atoms with van der Waals surface area (Å²) in [5.74, 6) is -0.451. The van der Waals surface area contributed by atoms with Gasteiger partial charge in [-0.1, -0.05) is 6.07 Å². The summed E-state index contributed by atoms with van der Waals surface area (Å²) in [4.78, 5) is 0. The Morgan fingerprint density at radius 2 is 1.74 bits per heavy atom. The van der Waals surface area contributed by atoms with Gasteiger partial charge in [-0.3, -0.25) is 0 Å². The van der Waals surface area contributed by atoms with Gasteiger partial charge in [-0.05, 0) is 48.0 Å². The molecule has 0 amide bonds. The molecule has 0 aliphatic heterocycles. The van der Waals surface area contributed by atoms with Crippen LogP contribution in [0.4, 0.5) is 8.78 Å². The first-order valence-corrected chi connectivity index (χ1v) is 5.92. The van der Waals surface area contributed by atoms with Gasteiger partial charge in [0, 0.05) is 12.6 Å². The molecule has 2 aromatic carbocycles. The lowest BCUT2D eigenvalue weighted by molar-refractivity contribution is 0.414. The molecule has 19 heavy (non-hydrogen) atoms. The van der Waals surface area contributed by atoms with Gasteiger partial charge in [0.25, 0.3) is 0 Å². The lowest BCUT2D eigenvalue weighted by Crippen LogP contribution is -2.06. The second-order valence-corrected chi connectivity index (χ2v) is 4.21. The van der Waals surface area contributed by atoms with E-state index in [0.29, 0.717) is 17.9 Å². The molecular weight excluding hydrogens is 248 g/mol. The standard InChI is InChI=1S/C15H15F2NO/c1-18-9-11-7-14(19-2)3-4-15(11)10-5-12(16)8-13(17)6-10/h3-8,18H,9H2,1-2H3. The molecule has 0 bridgehead atoms. The van der Waals surface area contributed by atoms with Crippen LogP contribution in [-0.2, 0) is 6.54 Å². The van der Waals surface area contributed by atoms with Crippen molar-refractivity contribution < 1.29 is 13.5 Å². The Hall–Kier alpha value is -1.94. The molecule has 2 aromatic rings. The third-order valence-electron chi connectivity index (χ3n) is 2.85. The van der Waals surface area contributed by atoms with Crippen molar-refractivity contribution in [2.75, 3.05) is 14.2 Å². The molecule has 0 aliphatic carbocycles. The minimum atomic E-state index is -0.582. The third kappa shape index (κ3) is 3.09. The van der Waals surface area contributed by atoms with Crippen LogP contribution in [0.25, 0.3) is 11.1 Å². The minimum Gasteiger partial charge on any atom is -0.497 e. The van der Waals surface area contributed by atoms with Crippen LogP contribution in [0, 0.1) is 11.6 Å². The van der Waals surface area contributed by atoms with Gasteiger partial charge in [0.15, 0.2) is 0 Å². The maximum atomic E-state index is 13.3. The van der Waals surface area contributed by atoms with Crippen LogP contribution in [0.1, 0.15) is 5.56 Å².